The predicted molar refractivity (Wildman–Crippen MR) is 92.5 cm³/mol. The lowest BCUT2D eigenvalue weighted by molar-refractivity contribution is -0.137. The van der Waals surface area contributed by atoms with Crippen molar-refractivity contribution < 1.29 is 14.3 Å². The van der Waals surface area contributed by atoms with E-state index in [1.807, 2.05) is 32.7 Å². The van der Waals surface area contributed by atoms with E-state index in [1.165, 1.54) is 0 Å². The van der Waals surface area contributed by atoms with E-state index in [-0.39, 0.29) is 11.9 Å². The molecule has 2 saturated heterocycles. The van der Waals surface area contributed by atoms with Gasteiger partial charge in [-0.2, -0.15) is 0 Å². The molecule has 0 aromatic rings. The van der Waals surface area contributed by atoms with Crippen LogP contribution in [-0.4, -0.2) is 83.2 Å². The van der Waals surface area contributed by atoms with Crippen molar-refractivity contribution in [1.29, 1.82) is 0 Å². The molecule has 7 heteroatoms. The molecule has 2 amide bonds. The predicted octanol–water partition coefficient (Wildman–Crippen LogP) is 1.85. The zero-order valence-electron chi connectivity index (χ0n) is 14.9. The topological polar surface area (TPSA) is 53.1 Å². The fraction of sp³-hybridized carbons (Fsp3) is 0.875. The maximum Gasteiger partial charge on any atom is 0.411 e. The minimum Gasteiger partial charge on any atom is -0.444 e. The fourth-order valence-electron chi connectivity index (χ4n) is 2.94. The Morgan fingerprint density at radius 3 is 2.39 bits per heavy atom. The zero-order valence-corrected chi connectivity index (χ0v) is 15.7. The SMILES string of the molecule is CN1CCC(N(C)C(=O)[C@@H]2CSCN2C(=O)OC(C)(C)C)CC1. The number of hydrogen-bond acceptors (Lipinski definition) is 5. The van der Waals surface area contributed by atoms with Gasteiger partial charge in [0.25, 0.3) is 0 Å². The molecule has 2 fully saturated rings. The van der Waals surface area contributed by atoms with E-state index in [4.69, 9.17) is 4.74 Å². The van der Waals surface area contributed by atoms with Crippen molar-refractivity contribution in [3.05, 3.63) is 0 Å². The van der Waals surface area contributed by atoms with Crippen molar-refractivity contribution in [2.45, 2.75) is 51.3 Å². The Morgan fingerprint density at radius 2 is 1.83 bits per heavy atom. The summed E-state index contributed by atoms with van der Waals surface area (Å²) in [4.78, 5) is 30.9. The van der Waals surface area contributed by atoms with Gasteiger partial charge in [-0.05, 0) is 53.8 Å². The molecule has 2 aliphatic rings. The summed E-state index contributed by atoms with van der Waals surface area (Å²) in [5, 5.41) is 0. The monoisotopic (exact) mass is 343 g/mol. The van der Waals surface area contributed by atoms with Crippen molar-refractivity contribution in [2.75, 3.05) is 38.8 Å². The number of piperidine rings is 1. The largest absolute Gasteiger partial charge is 0.444 e. The average Bonchev–Trinajstić information content (AvgIpc) is 2.94. The summed E-state index contributed by atoms with van der Waals surface area (Å²) >= 11 is 1.61. The molecule has 0 aromatic heterocycles. The normalized spacial score (nSPS) is 23.9. The molecule has 0 saturated carbocycles. The molecule has 1 atom stereocenters. The van der Waals surface area contributed by atoms with Gasteiger partial charge in [0.15, 0.2) is 0 Å². The van der Waals surface area contributed by atoms with Crippen LogP contribution in [0.25, 0.3) is 0 Å². The van der Waals surface area contributed by atoms with Crippen LogP contribution in [0.3, 0.4) is 0 Å². The summed E-state index contributed by atoms with van der Waals surface area (Å²) in [6.45, 7) is 7.55. The highest BCUT2D eigenvalue weighted by molar-refractivity contribution is 7.99. The highest BCUT2D eigenvalue weighted by Gasteiger charge is 2.40. The molecule has 6 nitrogen and oxygen atoms in total. The van der Waals surface area contributed by atoms with Crippen LogP contribution in [-0.2, 0) is 9.53 Å². The molecular weight excluding hydrogens is 314 g/mol. The third-order valence-electron chi connectivity index (χ3n) is 4.38. The maximum atomic E-state index is 12.9. The smallest absolute Gasteiger partial charge is 0.411 e. The van der Waals surface area contributed by atoms with E-state index < -0.39 is 17.7 Å². The van der Waals surface area contributed by atoms with Crippen LogP contribution in [0.4, 0.5) is 4.79 Å². The van der Waals surface area contributed by atoms with Gasteiger partial charge >= 0.3 is 6.09 Å². The first-order valence-corrected chi connectivity index (χ1v) is 9.37. The number of likely N-dealkylation sites (tertiary alicyclic amines) is 1. The molecular formula is C16H29N3O3S. The summed E-state index contributed by atoms with van der Waals surface area (Å²) in [5.41, 5.74) is -0.544. The number of hydrogen-bond donors (Lipinski definition) is 0. The lowest BCUT2D eigenvalue weighted by Gasteiger charge is -2.37. The summed E-state index contributed by atoms with van der Waals surface area (Å²) in [6.07, 6.45) is 1.59. The molecule has 0 aromatic carbocycles. The van der Waals surface area contributed by atoms with E-state index in [9.17, 15) is 9.59 Å². The van der Waals surface area contributed by atoms with Crippen LogP contribution in [0.15, 0.2) is 0 Å². The standard InChI is InChI=1S/C16H29N3O3S/c1-16(2,3)22-15(21)19-11-23-10-13(19)14(20)18(5)12-6-8-17(4)9-7-12/h12-13H,6-11H2,1-5H3/t13-/m0/s1. The number of thioether (sulfide) groups is 1. The highest BCUT2D eigenvalue weighted by atomic mass is 32.2. The molecule has 2 aliphatic heterocycles. The first-order valence-electron chi connectivity index (χ1n) is 8.21. The van der Waals surface area contributed by atoms with Gasteiger partial charge in [0.1, 0.15) is 11.6 Å². The number of likely N-dealkylation sites (N-methyl/N-ethyl adjacent to an activating group) is 1. The molecule has 0 unspecified atom stereocenters. The second-order valence-corrected chi connectivity index (χ2v) is 8.45. The molecule has 23 heavy (non-hydrogen) atoms. The minimum atomic E-state index is -0.544. The van der Waals surface area contributed by atoms with Crippen molar-refractivity contribution in [1.82, 2.24) is 14.7 Å². The number of carbonyl (C=O) groups excluding carboxylic acids is 2. The van der Waals surface area contributed by atoms with E-state index in [1.54, 1.807) is 16.7 Å². The third-order valence-corrected chi connectivity index (χ3v) is 5.39. The quantitative estimate of drug-likeness (QED) is 0.766. The van der Waals surface area contributed by atoms with E-state index in [0.29, 0.717) is 11.6 Å². The number of amides is 2. The minimum absolute atomic E-state index is 0.0374. The van der Waals surface area contributed by atoms with Gasteiger partial charge in [-0.1, -0.05) is 0 Å². The summed E-state index contributed by atoms with van der Waals surface area (Å²) < 4.78 is 5.44. The van der Waals surface area contributed by atoms with Crippen LogP contribution in [0, 0.1) is 0 Å². The Labute approximate surface area is 143 Å². The molecule has 0 aliphatic carbocycles. The lowest BCUT2D eigenvalue weighted by Crippen LogP contribution is -2.53. The number of nitrogens with zero attached hydrogens (tertiary/aromatic N) is 3. The molecule has 0 radical (unpaired) electrons. The van der Waals surface area contributed by atoms with Gasteiger partial charge in [0.05, 0.1) is 5.88 Å². The summed E-state index contributed by atoms with van der Waals surface area (Å²) in [7, 11) is 3.98. The highest BCUT2D eigenvalue weighted by Crippen LogP contribution is 2.26. The van der Waals surface area contributed by atoms with Crippen molar-refractivity contribution in [3.8, 4) is 0 Å². The molecule has 0 N–H and O–H groups in total. The van der Waals surface area contributed by atoms with Crippen LogP contribution in [0.5, 0.6) is 0 Å². The summed E-state index contributed by atoms with van der Waals surface area (Å²) in [6, 6.07) is -0.135. The van der Waals surface area contributed by atoms with Crippen molar-refractivity contribution >= 4 is 23.8 Å². The lowest BCUT2D eigenvalue weighted by atomic mass is 10.0. The van der Waals surface area contributed by atoms with Gasteiger partial charge < -0.3 is 14.5 Å². The molecule has 132 valence electrons. The molecule has 2 rings (SSSR count). The van der Waals surface area contributed by atoms with Crippen LogP contribution >= 0.6 is 11.8 Å². The van der Waals surface area contributed by atoms with Gasteiger partial charge in [0.2, 0.25) is 5.91 Å². The van der Waals surface area contributed by atoms with Crippen LogP contribution < -0.4 is 0 Å². The molecule has 0 bridgehead atoms. The Kier molecular flexibility index (Phi) is 5.84. The number of ether oxygens (including phenoxy) is 1. The van der Waals surface area contributed by atoms with Crippen molar-refractivity contribution in [2.24, 2.45) is 0 Å². The van der Waals surface area contributed by atoms with Crippen LogP contribution in [0.1, 0.15) is 33.6 Å². The van der Waals surface area contributed by atoms with Crippen molar-refractivity contribution in [3.63, 3.8) is 0 Å². The van der Waals surface area contributed by atoms with Gasteiger partial charge in [0, 0.05) is 18.8 Å². The van der Waals surface area contributed by atoms with Gasteiger partial charge in [-0.3, -0.25) is 9.69 Å². The zero-order chi connectivity index (χ0) is 17.2. The van der Waals surface area contributed by atoms with Gasteiger partial charge in [-0.25, -0.2) is 4.79 Å². The molecule has 2 heterocycles. The van der Waals surface area contributed by atoms with E-state index in [0.717, 1.165) is 25.9 Å². The van der Waals surface area contributed by atoms with E-state index >= 15 is 0 Å². The summed E-state index contributed by atoms with van der Waals surface area (Å²) in [5.74, 6) is 1.21. The third kappa shape index (κ3) is 4.76. The Hall–Kier alpha value is -0.950. The fourth-order valence-corrected chi connectivity index (χ4v) is 4.08. The van der Waals surface area contributed by atoms with Gasteiger partial charge in [-0.15, -0.1) is 11.8 Å². The van der Waals surface area contributed by atoms with Crippen LogP contribution in [0.2, 0.25) is 0 Å². The number of carbonyl (C=O) groups is 2. The second-order valence-electron chi connectivity index (χ2n) is 7.45. The number of rotatable bonds is 2. The maximum absolute atomic E-state index is 12.9. The first kappa shape index (κ1) is 18.4. The average molecular weight is 343 g/mol. The Morgan fingerprint density at radius 1 is 1.22 bits per heavy atom. The Bertz CT molecular complexity index is 444. The second kappa shape index (κ2) is 7.30. The molecule has 0 spiro atoms. The first-order chi connectivity index (χ1) is 10.7. The Balaban J connectivity index is 1.98. The van der Waals surface area contributed by atoms with E-state index in [2.05, 4.69) is 11.9 Å².